The summed E-state index contributed by atoms with van der Waals surface area (Å²) in [5.41, 5.74) is 2.58. The average molecular weight is 298 g/mol. The Bertz CT molecular complexity index is 678. The van der Waals surface area contributed by atoms with Gasteiger partial charge in [-0.25, -0.2) is 18.7 Å². The van der Waals surface area contributed by atoms with Crippen molar-refractivity contribution in [3.8, 4) is 0 Å². The van der Waals surface area contributed by atoms with E-state index in [0.717, 1.165) is 29.4 Å². The van der Waals surface area contributed by atoms with Crippen molar-refractivity contribution in [2.75, 3.05) is 0 Å². The molecule has 0 aliphatic heterocycles. The van der Waals surface area contributed by atoms with E-state index in [4.69, 9.17) is 11.6 Å². The van der Waals surface area contributed by atoms with Crippen LogP contribution in [-0.2, 0) is 0 Å². The molecule has 0 saturated heterocycles. The molecule has 2 aliphatic rings. The molecule has 2 aromatic heterocycles. The standard InChI is InChI=1S/C14H14ClF2N3/c15-13-18-6-11-12(19-13)10(7-20(11)9-1-2-9)8-3-4-14(16,17)5-8/h6-9H,1-5H2. The summed E-state index contributed by atoms with van der Waals surface area (Å²) in [5, 5.41) is 0.178. The molecule has 4 rings (SSSR count). The predicted octanol–water partition coefficient (Wildman–Crippen LogP) is 4.32. The molecule has 106 valence electrons. The molecule has 0 spiro atoms. The van der Waals surface area contributed by atoms with Crippen LogP contribution < -0.4 is 0 Å². The van der Waals surface area contributed by atoms with Crippen LogP contribution in [0.1, 0.15) is 49.6 Å². The van der Waals surface area contributed by atoms with Gasteiger partial charge in [-0.05, 0) is 42.3 Å². The van der Waals surface area contributed by atoms with Crippen molar-refractivity contribution in [1.82, 2.24) is 14.5 Å². The van der Waals surface area contributed by atoms with Crippen molar-refractivity contribution >= 4 is 22.6 Å². The van der Waals surface area contributed by atoms with E-state index in [-0.39, 0.29) is 24.0 Å². The Morgan fingerprint density at radius 3 is 2.75 bits per heavy atom. The molecular formula is C14H14ClF2N3. The Balaban J connectivity index is 1.84. The molecular weight excluding hydrogens is 284 g/mol. The van der Waals surface area contributed by atoms with Gasteiger partial charge in [-0.15, -0.1) is 0 Å². The van der Waals surface area contributed by atoms with Gasteiger partial charge >= 0.3 is 0 Å². The third kappa shape index (κ3) is 1.99. The topological polar surface area (TPSA) is 30.7 Å². The minimum atomic E-state index is -2.55. The van der Waals surface area contributed by atoms with Gasteiger partial charge < -0.3 is 4.57 Å². The summed E-state index contributed by atoms with van der Waals surface area (Å²) in [7, 11) is 0. The van der Waals surface area contributed by atoms with E-state index < -0.39 is 5.92 Å². The molecule has 6 heteroatoms. The Hall–Kier alpha value is -1.23. The van der Waals surface area contributed by atoms with Gasteiger partial charge in [0.2, 0.25) is 11.2 Å². The number of fused-ring (bicyclic) bond motifs is 1. The highest BCUT2D eigenvalue weighted by atomic mass is 35.5. The van der Waals surface area contributed by atoms with Gasteiger partial charge in [0.1, 0.15) is 0 Å². The van der Waals surface area contributed by atoms with E-state index in [0.29, 0.717) is 12.5 Å². The van der Waals surface area contributed by atoms with E-state index in [1.807, 2.05) is 6.20 Å². The number of alkyl halides is 2. The molecule has 3 nitrogen and oxygen atoms in total. The fourth-order valence-corrected chi connectivity index (χ4v) is 3.34. The minimum Gasteiger partial charge on any atom is -0.342 e. The van der Waals surface area contributed by atoms with Crippen LogP contribution in [-0.4, -0.2) is 20.5 Å². The lowest BCUT2D eigenvalue weighted by atomic mass is 9.99. The first-order valence-corrected chi connectivity index (χ1v) is 7.32. The smallest absolute Gasteiger partial charge is 0.248 e. The summed E-state index contributed by atoms with van der Waals surface area (Å²) in [4.78, 5) is 8.32. The molecule has 2 heterocycles. The molecule has 0 amide bonds. The lowest BCUT2D eigenvalue weighted by Gasteiger charge is -2.09. The number of nitrogens with zero attached hydrogens (tertiary/aromatic N) is 3. The largest absolute Gasteiger partial charge is 0.342 e. The summed E-state index contributed by atoms with van der Waals surface area (Å²) in [5.74, 6) is -2.67. The zero-order valence-electron chi connectivity index (χ0n) is 10.8. The number of hydrogen-bond acceptors (Lipinski definition) is 2. The highest BCUT2D eigenvalue weighted by Crippen LogP contribution is 2.47. The molecule has 0 aromatic carbocycles. The monoisotopic (exact) mass is 297 g/mol. The summed E-state index contributed by atoms with van der Waals surface area (Å²) >= 11 is 5.88. The lowest BCUT2D eigenvalue weighted by Crippen LogP contribution is -2.09. The molecule has 20 heavy (non-hydrogen) atoms. The van der Waals surface area contributed by atoms with Gasteiger partial charge in [-0.2, -0.15) is 0 Å². The van der Waals surface area contributed by atoms with Gasteiger partial charge in [0.05, 0.1) is 17.2 Å². The first kappa shape index (κ1) is 12.5. The predicted molar refractivity (Wildman–Crippen MR) is 72.3 cm³/mol. The van der Waals surface area contributed by atoms with Crippen LogP contribution in [0, 0.1) is 0 Å². The number of halogens is 3. The van der Waals surface area contributed by atoms with Crippen LogP contribution in [0.15, 0.2) is 12.4 Å². The molecule has 2 aliphatic carbocycles. The first-order chi connectivity index (χ1) is 9.53. The fourth-order valence-electron chi connectivity index (χ4n) is 3.20. The van der Waals surface area contributed by atoms with E-state index in [1.54, 1.807) is 6.20 Å². The van der Waals surface area contributed by atoms with Crippen LogP contribution in [0.4, 0.5) is 8.78 Å². The highest BCUT2D eigenvalue weighted by molar-refractivity contribution is 6.28. The van der Waals surface area contributed by atoms with Crippen LogP contribution in [0.25, 0.3) is 11.0 Å². The first-order valence-electron chi connectivity index (χ1n) is 6.94. The Morgan fingerprint density at radius 2 is 2.10 bits per heavy atom. The third-order valence-electron chi connectivity index (χ3n) is 4.35. The van der Waals surface area contributed by atoms with Crippen molar-refractivity contribution < 1.29 is 8.78 Å². The van der Waals surface area contributed by atoms with Gasteiger partial charge in [0, 0.05) is 25.1 Å². The quantitative estimate of drug-likeness (QED) is 0.773. The third-order valence-corrected chi connectivity index (χ3v) is 4.54. The van der Waals surface area contributed by atoms with E-state index in [1.165, 1.54) is 0 Å². The maximum Gasteiger partial charge on any atom is 0.248 e. The maximum atomic E-state index is 13.5. The highest BCUT2D eigenvalue weighted by Gasteiger charge is 2.41. The molecule has 0 radical (unpaired) electrons. The van der Waals surface area contributed by atoms with Crippen molar-refractivity contribution in [3.63, 3.8) is 0 Å². The Kier molecular flexibility index (Phi) is 2.58. The molecule has 1 unspecified atom stereocenters. The zero-order chi connectivity index (χ0) is 13.9. The van der Waals surface area contributed by atoms with Gasteiger partial charge in [-0.1, -0.05) is 0 Å². The van der Waals surface area contributed by atoms with Crippen LogP contribution in [0.5, 0.6) is 0 Å². The average Bonchev–Trinajstić information content (AvgIpc) is 3.08. The van der Waals surface area contributed by atoms with E-state index in [9.17, 15) is 8.78 Å². The molecule has 0 bridgehead atoms. The number of hydrogen-bond donors (Lipinski definition) is 0. The van der Waals surface area contributed by atoms with Crippen molar-refractivity contribution in [3.05, 3.63) is 23.2 Å². The summed E-state index contributed by atoms with van der Waals surface area (Å²) in [6.07, 6.45) is 6.36. The molecule has 1 atom stereocenters. The minimum absolute atomic E-state index is 0.0351. The van der Waals surface area contributed by atoms with Crippen molar-refractivity contribution in [2.45, 2.75) is 50.0 Å². The van der Waals surface area contributed by atoms with Crippen molar-refractivity contribution in [1.29, 1.82) is 0 Å². The molecule has 2 fully saturated rings. The second-order valence-corrected chi connectivity index (χ2v) is 6.23. The SMILES string of the molecule is FC1(F)CCC(c2cn(C3CC3)c3cnc(Cl)nc23)C1. The maximum absolute atomic E-state index is 13.5. The summed E-state index contributed by atoms with van der Waals surface area (Å²) in [6, 6.07) is 0.470. The van der Waals surface area contributed by atoms with Gasteiger partial charge in [-0.3, -0.25) is 0 Å². The molecule has 2 saturated carbocycles. The Labute approximate surface area is 120 Å². The summed E-state index contributed by atoms with van der Waals surface area (Å²) < 4.78 is 29.1. The zero-order valence-corrected chi connectivity index (χ0v) is 11.6. The van der Waals surface area contributed by atoms with Crippen LogP contribution in [0.3, 0.4) is 0 Å². The van der Waals surface area contributed by atoms with E-state index in [2.05, 4.69) is 14.5 Å². The molecule has 0 N–H and O–H groups in total. The van der Waals surface area contributed by atoms with Gasteiger partial charge in [0.25, 0.3) is 0 Å². The number of aromatic nitrogens is 3. The second kappa shape index (κ2) is 4.13. The lowest BCUT2D eigenvalue weighted by molar-refractivity contribution is 0.00780. The van der Waals surface area contributed by atoms with Gasteiger partial charge in [0.15, 0.2) is 0 Å². The summed E-state index contributed by atoms with van der Waals surface area (Å²) in [6.45, 7) is 0. The second-order valence-electron chi connectivity index (χ2n) is 5.89. The normalized spacial score (nSPS) is 25.4. The van der Waals surface area contributed by atoms with Crippen LogP contribution >= 0.6 is 11.6 Å². The molecule has 2 aromatic rings. The number of rotatable bonds is 2. The van der Waals surface area contributed by atoms with E-state index >= 15 is 0 Å². The fraction of sp³-hybridized carbons (Fsp3) is 0.571. The van der Waals surface area contributed by atoms with Crippen molar-refractivity contribution in [2.24, 2.45) is 0 Å². The Morgan fingerprint density at radius 1 is 1.30 bits per heavy atom. The van der Waals surface area contributed by atoms with Crippen LogP contribution in [0.2, 0.25) is 5.28 Å².